The molecule has 0 saturated heterocycles. The molecule has 1 amide bonds. The molecule has 0 saturated carbocycles. The van der Waals surface area contributed by atoms with E-state index in [1.165, 1.54) is 0 Å². The number of amides is 1. The highest BCUT2D eigenvalue weighted by Crippen LogP contribution is 2.27. The number of esters is 1. The minimum atomic E-state index is -0.776. The number of nitrogens with one attached hydrogen (secondary N) is 1. The first-order chi connectivity index (χ1) is 7.49. The third-order valence-corrected chi connectivity index (χ3v) is 2.15. The third kappa shape index (κ3) is 5.71. The van der Waals surface area contributed by atoms with Crippen LogP contribution in [0.5, 0.6) is 0 Å². The summed E-state index contributed by atoms with van der Waals surface area (Å²) >= 11 is 0. The zero-order valence-electron chi connectivity index (χ0n) is 12.0. The van der Waals surface area contributed by atoms with Crippen LogP contribution in [0.25, 0.3) is 0 Å². The lowest BCUT2D eigenvalue weighted by Gasteiger charge is -2.31. The zero-order chi connectivity index (χ0) is 13.9. The van der Waals surface area contributed by atoms with Gasteiger partial charge in [-0.15, -0.1) is 0 Å². The van der Waals surface area contributed by atoms with E-state index in [1.807, 2.05) is 41.5 Å². The third-order valence-electron chi connectivity index (χ3n) is 2.15. The van der Waals surface area contributed by atoms with E-state index in [1.54, 1.807) is 6.92 Å². The molecule has 1 N–H and O–H groups in total. The lowest BCUT2D eigenvalue weighted by atomic mass is 9.79. The molecule has 4 heteroatoms. The Hall–Kier alpha value is -1.06. The Morgan fingerprint density at radius 1 is 1.12 bits per heavy atom. The van der Waals surface area contributed by atoms with Crippen molar-refractivity contribution in [1.82, 2.24) is 5.32 Å². The van der Waals surface area contributed by atoms with Gasteiger partial charge in [-0.2, -0.15) is 0 Å². The van der Waals surface area contributed by atoms with E-state index in [2.05, 4.69) is 5.32 Å². The maximum Gasteiger partial charge on any atom is 0.319 e. The van der Waals surface area contributed by atoms with Gasteiger partial charge in [0.05, 0.1) is 6.61 Å². The van der Waals surface area contributed by atoms with Gasteiger partial charge in [0, 0.05) is 5.54 Å². The first kappa shape index (κ1) is 15.9. The Kier molecular flexibility index (Phi) is 5.17. The van der Waals surface area contributed by atoms with Crippen molar-refractivity contribution in [2.45, 2.75) is 54.0 Å². The lowest BCUT2D eigenvalue weighted by molar-refractivity contribution is -0.157. The Labute approximate surface area is 104 Å². The fourth-order valence-corrected chi connectivity index (χ4v) is 1.52. The van der Waals surface area contributed by atoms with Crippen LogP contribution in [0, 0.1) is 11.3 Å². The monoisotopic (exact) mass is 243 g/mol. The quantitative estimate of drug-likeness (QED) is 0.610. The summed E-state index contributed by atoms with van der Waals surface area (Å²) in [4.78, 5) is 23.9. The van der Waals surface area contributed by atoms with E-state index < -0.39 is 17.3 Å². The van der Waals surface area contributed by atoms with Crippen molar-refractivity contribution in [2.24, 2.45) is 11.3 Å². The van der Waals surface area contributed by atoms with Crippen LogP contribution in [0.15, 0.2) is 0 Å². The summed E-state index contributed by atoms with van der Waals surface area (Å²) in [7, 11) is 0. The zero-order valence-corrected chi connectivity index (χ0v) is 12.0. The minimum Gasteiger partial charge on any atom is -0.465 e. The van der Waals surface area contributed by atoms with Crippen molar-refractivity contribution in [2.75, 3.05) is 6.61 Å². The number of hydrogen-bond acceptors (Lipinski definition) is 3. The van der Waals surface area contributed by atoms with Gasteiger partial charge in [-0.05, 0) is 33.1 Å². The van der Waals surface area contributed by atoms with E-state index in [0.29, 0.717) is 0 Å². The molecule has 0 aromatic rings. The summed E-state index contributed by atoms with van der Waals surface area (Å²) in [6.45, 7) is 13.2. The molecular formula is C13H25NO3. The van der Waals surface area contributed by atoms with Crippen LogP contribution in [0.1, 0.15) is 48.5 Å². The molecule has 0 rings (SSSR count). The van der Waals surface area contributed by atoms with Crippen LogP contribution in [0.2, 0.25) is 0 Å². The molecule has 0 aliphatic rings. The molecule has 4 nitrogen and oxygen atoms in total. The van der Waals surface area contributed by atoms with Gasteiger partial charge in [0.25, 0.3) is 0 Å². The van der Waals surface area contributed by atoms with Crippen molar-refractivity contribution in [3.63, 3.8) is 0 Å². The molecule has 0 spiro atoms. The fourth-order valence-electron chi connectivity index (χ4n) is 1.52. The molecule has 0 aliphatic carbocycles. The van der Waals surface area contributed by atoms with Crippen molar-refractivity contribution < 1.29 is 14.3 Å². The Morgan fingerprint density at radius 3 is 1.88 bits per heavy atom. The second-order valence-electron chi connectivity index (χ2n) is 6.29. The van der Waals surface area contributed by atoms with Gasteiger partial charge < -0.3 is 10.1 Å². The van der Waals surface area contributed by atoms with E-state index >= 15 is 0 Å². The van der Waals surface area contributed by atoms with Gasteiger partial charge in [-0.3, -0.25) is 9.59 Å². The summed E-state index contributed by atoms with van der Waals surface area (Å²) < 4.78 is 4.97. The molecule has 0 bridgehead atoms. The number of rotatable bonds is 3. The molecule has 0 radical (unpaired) electrons. The van der Waals surface area contributed by atoms with Gasteiger partial charge in [0.1, 0.15) is 5.92 Å². The van der Waals surface area contributed by atoms with Gasteiger partial charge >= 0.3 is 5.97 Å². The van der Waals surface area contributed by atoms with Crippen molar-refractivity contribution in [1.29, 1.82) is 0 Å². The normalized spacial score (nSPS) is 14.1. The van der Waals surface area contributed by atoms with E-state index in [0.717, 1.165) is 0 Å². The highest BCUT2D eigenvalue weighted by atomic mass is 16.5. The van der Waals surface area contributed by atoms with Crippen LogP contribution in [0.4, 0.5) is 0 Å². The smallest absolute Gasteiger partial charge is 0.319 e. The van der Waals surface area contributed by atoms with Gasteiger partial charge in [-0.25, -0.2) is 0 Å². The van der Waals surface area contributed by atoms with Gasteiger partial charge in [-0.1, -0.05) is 20.8 Å². The Bertz CT molecular complexity index is 284. The molecule has 0 aliphatic heterocycles. The number of carbonyl (C=O) groups is 2. The predicted octanol–water partition coefficient (Wildman–Crippen LogP) is 2.13. The minimum absolute atomic E-state index is 0.275. The predicted molar refractivity (Wildman–Crippen MR) is 67.5 cm³/mol. The maximum absolute atomic E-state index is 12.1. The van der Waals surface area contributed by atoms with Crippen molar-refractivity contribution in [3.05, 3.63) is 0 Å². The topological polar surface area (TPSA) is 55.4 Å². The summed E-state index contributed by atoms with van der Waals surface area (Å²) in [6.07, 6.45) is 0. The average Bonchev–Trinajstić information content (AvgIpc) is 1.96. The van der Waals surface area contributed by atoms with Crippen LogP contribution in [-0.2, 0) is 14.3 Å². The molecule has 0 aromatic heterocycles. The lowest BCUT2D eigenvalue weighted by Crippen LogP contribution is -2.50. The van der Waals surface area contributed by atoms with Crippen LogP contribution in [0.3, 0.4) is 0 Å². The summed E-state index contributed by atoms with van der Waals surface area (Å²) in [5, 5.41) is 2.83. The standard InChI is InChI=1S/C13H25NO3/c1-8-17-11(16)9(12(2,3)4)10(15)14-13(5,6)7/h9H,8H2,1-7H3,(H,14,15). The largest absolute Gasteiger partial charge is 0.465 e. The Balaban J connectivity index is 4.95. The molecular weight excluding hydrogens is 218 g/mol. The number of hydrogen-bond donors (Lipinski definition) is 1. The van der Waals surface area contributed by atoms with Crippen LogP contribution >= 0.6 is 0 Å². The maximum atomic E-state index is 12.1. The SMILES string of the molecule is CCOC(=O)C(C(=O)NC(C)(C)C)C(C)(C)C. The highest BCUT2D eigenvalue weighted by Gasteiger charge is 2.39. The Morgan fingerprint density at radius 2 is 1.59 bits per heavy atom. The second-order valence-corrected chi connectivity index (χ2v) is 6.29. The number of ether oxygens (including phenoxy) is 1. The van der Waals surface area contributed by atoms with Gasteiger partial charge in [0.2, 0.25) is 5.91 Å². The highest BCUT2D eigenvalue weighted by molar-refractivity contribution is 5.98. The van der Waals surface area contributed by atoms with E-state index in [9.17, 15) is 9.59 Å². The molecule has 17 heavy (non-hydrogen) atoms. The molecule has 0 fully saturated rings. The first-order valence-electron chi connectivity index (χ1n) is 5.97. The number of carbonyl (C=O) groups excluding carboxylic acids is 2. The first-order valence-corrected chi connectivity index (χ1v) is 5.97. The van der Waals surface area contributed by atoms with E-state index in [-0.39, 0.29) is 18.1 Å². The van der Waals surface area contributed by atoms with Crippen molar-refractivity contribution >= 4 is 11.9 Å². The summed E-state index contributed by atoms with van der Waals surface area (Å²) in [5.41, 5.74) is -0.811. The molecule has 0 heterocycles. The van der Waals surface area contributed by atoms with Crippen LogP contribution in [-0.4, -0.2) is 24.0 Å². The molecule has 1 atom stereocenters. The average molecular weight is 243 g/mol. The molecule has 0 aromatic carbocycles. The van der Waals surface area contributed by atoms with Gasteiger partial charge in [0.15, 0.2) is 0 Å². The van der Waals surface area contributed by atoms with E-state index in [4.69, 9.17) is 4.74 Å². The molecule has 1 unspecified atom stereocenters. The second kappa shape index (κ2) is 5.52. The van der Waals surface area contributed by atoms with Crippen molar-refractivity contribution in [3.8, 4) is 0 Å². The summed E-state index contributed by atoms with van der Waals surface area (Å²) in [6, 6.07) is 0. The fraction of sp³-hybridized carbons (Fsp3) is 0.846. The molecule has 100 valence electrons. The van der Waals surface area contributed by atoms with Crippen LogP contribution < -0.4 is 5.32 Å². The summed E-state index contributed by atoms with van der Waals surface area (Å²) in [5.74, 6) is -1.51.